The third kappa shape index (κ3) is 3.48. The van der Waals surface area contributed by atoms with Crippen molar-refractivity contribution in [1.29, 1.82) is 0 Å². The van der Waals surface area contributed by atoms with E-state index in [1.54, 1.807) is 0 Å². The van der Waals surface area contributed by atoms with Gasteiger partial charge in [-0.2, -0.15) is 0 Å². The van der Waals surface area contributed by atoms with Crippen molar-refractivity contribution in [3.8, 4) is 0 Å². The van der Waals surface area contributed by atoms with Crippen LogP contribution in [0.2, 0.25) is 0 Å². The van der Waals surface area contributed by atoms with Gasteiger partial charge in [0, 0.05) is 0 Å². The first-order valence-electron chi connectivity index (χ1n) is 7.01. The average molecular weight is 288 g/mol. The molecule has 0 saturated carbocycles. The van der Waals surface area contributed by atoms with Gasteiger partial charge in [-0.05, 0) is 33.6 Å². The second kappa shape index (κ2) is 6.52. The smallest absolute Gasteiger partial charge is 0.0105 e. The quantitative estimate of drug-likeness (QED) is 0.481. The molecule has 0 aliphatic rings. The van der Waals surface area contributed by atoms with Gasteiger partial charge in [0.25, 0.3) is 0 Å². The first-order valence-corrected chi connectivity index (χ1v) is 7.59. The van der Waals surface area contributed by atoms with Crippen LogP contribution in [0.1, 0.15) is 16.7 Å². The van der Waals surface area contributed by atoms with E-state index in [-0.39, 0.29) is 0 Å². The molecule has 1 unspecified atom stereocenters. The number of hydrogen-bond donors (Lipinski definition) is 0. The maximum Gasteiger partial charge on any atom is -0.0105 e. The van der Waals surface area contributed by atoms with Crippen molar-refractivity contribution in [1.82, 2.24) is 0 Å². The van der Waals surface area contributed by atoms with E-state index in [1.807, 2.05) is 0 Å². The van der Waals surface area contributed by atoms with Crippen molar-refractivity contribution < 1.29 is 0 Å². The van der Waals surface area contributed by atoms with Gasteiger partial charge in [0.05, 0.1) is 0 Å². The normalized spacial score (nSPS) is 10.1. The van der Waals surface area contributed by atoms with Gasteiger partial charge in [-0.15, -0.1) is 9.24 Å². The van der Waals surface area contributed by atoms with Gasteiger partial charge < -0.3 is 0 Å². The minimum Gasteiger partial charge on any atom is -0.106 e. The van der Waals surface area contributed by atoms with Gasteiger partial charge in [-0.3, -0.25) is 0 Å². The molecule has 0 heterocycles. The summed E-state index contributed by atoms with van der Waals surface area (Å²) in [5, 5.41) is 1.20. The van der Waals surface area contributed by atoms with Gasteiger partial charge in [0.1, 0.15) is 0 Å². The van der Waals surface area contributed by atoms with Crippen molar-refractivity contribution in [2.75, 3.05) is 0 Å². The molecule has 0 bridgehead atoms. The third-order valence-corrected chi connectivity index (χ3v) is 3.80. The number of benzene rings is 3. The summed E-state index contributed by atoms with van der Waals surface area (Å²) in [4.78, 5) is 0. The third-order valence-electron chi connectivity index (χ3n) is 3.42. The molecule has 0 amide bonds. The molecule has 0 aliphatic carbocycles. The van der Waals surface area contributed by atoms with Crippen molar-refractivity contribution in [3.63, 3.8) is 0 Å². The Labute approximate surface area is 128 Å². The lowest BCUT2D eigenvalue weighted by Crippen LogP contribution is -1.90. The largest absolute Gasteiger partial charge is 0.106 e. The highest BCUT2D eigenvalue weighted by Crippen LogP contribution is 2.25. The minimum absolute atomic E-state index is 1.20. The van der Waals surface area contributed by atoms with E-state index < -0.39 is 0 Å². The first-order chi connectivity index (χ1) is 10.3. The predicted octanol–water partition coefficient (Wildman–Crippen LogP) is 4.78. The average Bonchev–Trinajstić information content (AvgIpc) is 2.56. The summed E-state index contributed by atoms with van der Waals surface area (Å²) in [6, 6.07) is 29.6. The SMILES string of the molecule is Pc1ccc(C=C(c2ccccc2)c2ccccc2)cc1. The van der Waals surface area contributed by atoms with Crippen LogP contribution in [0, 0.1) is 0 Å². The van der Waals surface area contributed by atoms with Crippen LogP contribution in [0.3, 0.4) is 0 Å². The Balaban J connectivity index is 2.10. The van der Waals surface area contributed by atoms with Crippen LogP contribution in [0.5, 0.6) is 0 Å². The molecule has 0 spiro atoms. The Kier molecular flexibility index (Phi) is 4.28. The lowest BCUT2D eigenvalue weighted by atomic mass is 9.96. The molecule has 102 valence electrons. The van der Waals surface area contributed by atoms with E-state index in [0.29, 0.717) is 0 Å². The summed E-state index contributed by atoms with van der Waals surface area (Å²) in [5.41, 5.74) is 4.92. The Hall–Kier alpha value is -2.17. The number of rotatable bonds is 3. The highest BCUT2D eigenvalue weighted by molar-refractivity contribution is 7.27. The maximum atomic E-state index is 2.72. The molecule has 1 atom stereocenters. The zero-order valence-electron chi connectivity index (χ0n) is 11.7. The Morgan fingerprint density at radius 3 is 1.57 bits per heavy atom. The summed E-state index contributed by atoms with van der Waals surface area (Å²) < 4.78 is 0. The molecule has 3 aromatic rings. The summed E-state index contributed by atoms with van der Waals surface area (Å²) in [5.74, 6) is 0. The fourth-order valence-corrected chi connectivity index (χ4v) is 2.52. The van der Waals surface area contributed by atoms with E-state index in [2.05, 4.69) is 100 Å². The topological polar surface area (TPSA) is 0 Å². The fraction of sp³-hybridized carbons (Fsp3) is 0. The Morgan fingerprint density at radius 1 is 0.619 bits per heavy atom. The van der Waals surface area contributed by atoms with Crippen molar-refractivity contribution in [2.45, 2.75) is 0 Å². The Bertz CT molecular complexity index is 684. The maximum absolute atomic E-state index is 2.72. The summed E-state index contributed by atoms with van der Waals surface area (Å²) in [6.07, 6.45) is 2.24. The molecule has 3 aromatic carbocycles. The molecule has 0 nitrogen and oxygen atoms in total. The van der Waals surface area contributed by atoms with Crippen molar-refractivity contribution in [2.24, 2.45) is 0 Å². The van der Waals surface area contributed by atoms with E-state index in [4.69, 9.17) is 0 Å². The summed E-state index contributed by atoms with van der Waals surface area (Å²) in [6.45, 7) is 0. The zero-order valence-corrected chi connectivity index (χ0v) is 12.9. The van der Waals surface area contributed by atoms with Crippen LogP contribution >= 0.6 is 9.24 Å². The second-order valence-electron chi connectivity index (χ2n) is 4.96. The molecule has 0 N–H and O–H groups in total. The summed E-state index contributed by atoms with van der Waals surface area (Å²) >= 11 is 0. The molecule has 0 fully saturated rings. The van der Waals surface area contributed by atoms with E-state index >= 15 is 0 Å². The van der Waals surface area contributed by atoms with Crippen LogP contribution in [-0.4, -0.2) is 0 Å². The van der Waals surface area contributed by atoms with Crippen LogP contribution in [0.25, 0.3) is 11.6 Å². The molecular formula is C20H17P. The predicted molar refractivity (Wildman–Crippen MR) is 95.6 cm³/mol. The zero-order chi connectivity index (χ0) is 14.5. The van der Waals surface area contributed by atoms with Gasteiger partial charge in [0.15, 0.2) is 0 Å². The molecule has 21 heavy (non-hydrogen) atoms. The highest BCUT2D eigenvalue weighted by Gasteiger charge is 2.04. The highest BCUT2D eigenvalue weighted by atomic mass is 31.0. The lowest BCUT2D eigenvalue weighted by Gasteiger charge is -2.09. The second-order valence-corrected chi connectivity index (χ2v) is 5.62. The molecular weight excluding hydrogens is 271 g/mol. The standard InChI is InChI=1S/C20H17P/c21-19-13-11-16(12-14-19)15-20(17-7-3-1-4-8-17)18-9-5-2-6-10-18/h1-15H,21H2. The molecule has 1 heteroatoms. The van der Waals surface area contributed by atoms with E-state index in [9.17, 15) is 0 Å². The van der Waals surface area contributed by atoms with Crippen LogP contribution in [-0.2, 0) is 0 Å². The monoisotopic (exact) mass is 288 g/mol. The fourth-order valence-electron chi connectivity index (χ4n) is 2.33. The van der Waals surface area contributed by atoms with E-state index in [1.165, 1.54) is 27.6 Å². The molecule has 0 radical (unpaired) electrons. The van der Waals surface area contributed by atoms with Crippen LogP contribution in [0.4, 0.5) is 0 Å². The van der Waals surface area contributed by atoms with Crippen LogP contribution in [0.15, 0.2) is 84.9 Å². The summed E-state index contributed by atoms with van der Waals surface area (Å²) in [7, 11) is 2.72. The molecule has 0 saturated heterocycles. The molecule has 0 aliphatic heterocycles. The van der Waals surface area contributed by atoms with Gasteiger partial charge in [-0.25, -0.2) is 0 Å². The van der Waals surface area contributed by atoms with Crippen LogP contribution < -0.4 is 5.30 Å². The van der Waals surface area contributed by atoms with Crippen molar-refractivity contribution >= 4 is 26.2 Å². The van der Waals surface area contributed by atoms with Crippen molar-refractivity contribution in [3.05, 3.63) is 102 Å². The van der Waals surface area contributed by atoms with Gasteiger partial charge >= 0.3 is 0 Å². The van der Waals surface area contributed by atoms with Gasteiger partial charge in [0.2, 0.25) is 0 Å². The van der Waals surface area contributed by atoms with Gasteiger partial charge in [-0.1, -0.05) is 84.9 Å². The first kappa shape index (κ1) is 13.8. The lowest BCUT2D eigenvalue weighted by molar-refractivity contribution is 1.55. The minimum atomic E-state index is 1.20. The number of hydrogen-bond acceptors (Lipinski definition) is 0. The Morgan fingerprint density at radius 2 is 1.10 bits per heavy atom. The molecule has 3 rings (SSSR count). The van der Waals surface area contributed by atoms with E-state index in [0.717, 1.165) is 0 Å². The molecule has 0 aromatic heterocycles.